The minimum Gasteiger partial charge on any atom is -0.490 e. The first kappa shape index (κ1) is 19.2. The number of ether oxygens (including phenoxy) is 1. The number of rotatable bonds is 3. The molecule has 1 aromatic heterocycles. The van der Waals surface area contributed by atoms with E-state index in [0.29, 0.717) is 23.6 Å². The second-order valence-corrected chi connectivity index (χ2v) is 4.91. The third-order valence-electron chi connectivity index (χ3n) is 3.43. The first-order valence-corrected chi connectivity index (χ1v) is 6.74. The summed E-state index contributed by atoms with van der Waals surface area (Å²) in [5.74, 6) is 1.19. The molecule has 1 amide bonds. The molecule has 8 heteroatoms. The van der Waals surface area contributed by atoms with E-state index in [-0.39, 0.29) is 37.3 Å². The number of nitrogens with one attached hydrogen (secondary N) is 1. The van der Waals surface area contributed by atoms with Crippen LogP contribution in [0.15, 0.2) is 34.9 Å². The number of hydrogen-bond donors (Lipinski definition) is 2. The van der Waals surface area contributed by atoms with Crippen molar-refractivity contribution in [3.63, 3.8) is 0 Å². The molecule has 1 aromatic carbocycles. The van der Waals surface area contributed by atoms with Crippen LogP contribution in [-0.2, 0) is 6.54 Å². The molecule has 0 saturated carbocycles. The fourth-order valence-corrected chi connectivity index (χ4v) is 2.24. The zero-order chi connectivity index (χ0) is 14.8. The van der Waals surface area contributed by atoms with Crippen molar-refractivity contribution in [3.8, 4) is 5.75 Å². The predicted molar refractivity (Wildman–Crippen MR) is 94.3 cm³/mol. The molecule has 0 bridgehead atoms. The van der Waals surface area contributed by atoms with Crippen molar-refractivity contribution in [2.75, 3.05) is 30.4 Å². The molecule has 0 atom stereocenters. The number of anilines is 2. The molecule has 0 radical (unpaired) electrons. The predicted octanol–water partition coefficient (Wildman–Crippen LogP) is 2.66. The molecule has 2 heterocycles. The molecule has 0 fully saturated rings. The summed E-state index contributed by atoms with van der Waals surface area (Å²) in [7, 11) is 2.00. The minimum absolute atomic E-state index is 0. The van der Waals surface area contributed by atoms with Gasteiger partial charge in [-0.05, 0) is 24.3 Å². The summed E-state index contributed by atoms with van der Waals surface area (Å²) in [6.45, 7) is 1.77. The maximum Gasteiger partial charge on any atom is 0.258 e. The van der Waals surface area contributed by atoms with Gasteiger partial charge in [-0.3, -0.25) is 4.79 Å². The average Bonchev–Trinajstić information content (AvgIpc) is 2.97. The van der Waals surface area contributed by atoms with Crippen molar-refractivity contribution in [3.05, 3.63) is 41.9 Å². The molecule has 0 unspecified atom stereocenters. The quantitative estimate of drug-likeness (QED) is 0.880. The van der Waals surface area contributed by atoms with Crippen LogP contribution in [0.2, 0.25) is 0 Å². The van der Waals surface area contributed by atoms with Crippen molar-refractivity contribution in [1.29, 1.82) is 0 Å². The number of carbonyl (C=O) groups excluding carboxylic acids is 1. The molecule has 3 rings (SSSR count). The SMILES string of the molecule is CN1CCOc2ccc(NC(=O)c3coc(CN)c3)cc21.Cl.Cl. The Balaban J connectivity index is 0.00000132. The summed E-state index contributed by atoms with van der Waals surface area (Å²) < 4.78 is 10.7. The third-order valence-corrected chi connectivity index (χ3v) is 3.43. The van der Waals surface area contributed by atoms with Crippen LogP contribution in [0.25, 0.3) is 0 Å². The van der Waals surface area contributed by atoms with E-state index in [0.717, 1.165) is 18.0 Å². The summed E-state index contributed by atoms with van der Waals surface area (Å²) in [4.78, 5) is 14.2. The molecule has 0 spiro atoms. The number of nitrogens with two attached hydrogens (primary N) is 1. The Hall–Kier alpha value is -1.89. The van der Waals surface area contributed by atoms with Crippen LogP contribution in [-0.4, -0.2) is 26.1 Å². The van der Waals surface area contributed by atoms with E-state index in [9.17, 15) is 4.79 Å². The van der Waals surface area contributed by atoms with E-state index < -0.39 is 0 Å². The highest BCUT2D eigenvalue weighted by atomic mass is 35.5. The molecule has 23 heavy (non-hydrogen) atoms. The van der Waals surface area contributed by atoms with Crippen LogP contribution < -0.4 is 20.7 Å². The van der Waals surface area contributed by atoms with Gasteiger partial charge in [0.2, 0.25) is 0 Å². The Morgan fingerprint density at radius 3 is 2.83 bits per heavy atom. The Bertz CT molecular complexity index is 676. The number of nitrogens with zero attached hydrogens (tertiary/aromatic N) is 1. The number of carbonyl (C=O) groups is 1. The van der Waals surface area contributed by atoms with Gasteiger partial charge >= 0.3 is 0 Å². The van der Waals surface area contributed by atoms with Crippen molar-refractivity contribution < 1.29 is 13.9 Å². The zero-order valence-corrected chi connectivity index (χ0v) is 14.2. The number of amides is 1. The van der Waals surface area contributed by atoms with E-state index in [2.05, 4.69) is 10.2 Å². The van der Waals surface area contributed by atoms with Gasteiger partial charge in [0.05, 0.1) is 24.3 Å². The minimum atomic E-state index is -0.224. The summed E-state index contributed by atoms with van der Waals surface area (Å²) in [5, 5.41) is 2.84. The summed E-state index contributed by atoms with van der Waals surface area (Å²) in [6, 6.07) is 7.22. The second-order valence-electron chi connectivity index (χ2n) is 4.91. The van der Waals surface area contributed by atoms with Crippen LogP contribution in [0.1, 0.15) is 16.1 Å². The van der Waals surface area contributed by atoms with Gasteiger partial charge in [-0.1, -0.05) is 0 Å². The van der Waals surface area contributed by atoms with Crippen molar-refractivity contribution >= 4 is 42.1 Å². The number of hydrogen-bond acceptors (Lipinski definition) is 5. The van der Waals surface area contributed by atoms with E-state index in [4.69, 9.17) is 14.9 Å². The third kappa shape index (κ3) is 4.10. The maximum atomic E-state index is 12.1. The highest BCUT2D eigenvalue weighted by molar-refractivity contribution is 6.04. The van der Waals surface area contributed by atoms with Crippen LogP contribution in [0.3, 0.4) is 0 Å². The van der Waals surface area contributed by atoms with Crippen LogP contribution in [0, 0.1) is 0 Å². The lowest BCUT2D eigenvalue weighted by molar-refractivity contribution is 0.102. The monoisotopic (exact) mass is 359 g/mol. The molecule has 126 valence electrons. The highest BCUT2D eigenvalue weighted by Gasteiger charge is 2.16. The standard InChI is InChI=1S/C15H17N3O3.2ClH/c1-18-4-5-20-14-3-2-11(7-13(14)18)17-15(19)10-6-12(8-16)21-9-10;;/h2-3,6-7,9H,4-5,8,16H2,1H3,(H,17,19);2*1H. The molecule has 6 nitrogen and oxygen atoms in total. The molecule has 0 saturated heterocycles. The lowest BCUT2D eigenvalue weighted by Crippen LogP contribution is -2.28. The van der Waals surface area contributed by atoms with Crippen molar-refractivity contribution in [1.82, 2.24) is 0 Å². The fraction of sp³-hybridized carbons (Fsp3) is 0.267. The Labute approximate surface area is 146 Å². The first-order valence-electron chi connectivity index (χ1n) is 6.74. The fourth-order valence-electron chi connectivity index (χ4n) is 2.24. The highest BCUT2D eigenvalue weighted by Crippen LogP contribution is 2.33. The van der Waals surface area contributed by atoms with Gasteiger partial charge in [0, 0.05) is 12.7 Å². The lowest BCUT2D eigenvalue weighted by Gasteiger charge is -2.28. The van der Waals surface area contributed by atoms with E-state index in [1.54, 1.807) is 6.07 Å². The molecule has 2 aromatic rings. The van der Waals surface area contributed by atoms with E-state index in [1.807, 2.05) is 25.2 Å². The molecular weight excluding hydrogens is 341 g/mol. The van der Waals surface area contributed by atoms with Crippen LogP contribution >= 0.6 is 24.8 Å². The number of benzene rings is 1. The first-order chi connectivity index (χ1) is 10.2. The van der Waals surface area contributed by atoms with Gasteiger partial charge in [-0.15, -0.1) is 24.8 Å². The average molecular weight is 360 g/mol. The smallest absolute Gasteiger partial charge is 0.258 e. The lowest BCUT2D eigenvalue weighted by atomic mass is 10.2. The zero-order valence-electron chi connectivity index (χ0n) is 12.6. The van der Waals surface area contributed by atoms with E-state index >= 15 is 0 Å². The van der Waals surface area contributed by atoms with Crippen LogP contribution in [0.5, 0.6) is 5.75 Å². The molecule has 1 aliphatic heterocycles. The van der Waals surface area contributed by atoms with Gasteiger partial charge in [0.15, 0.2) is 0 Å². The van der Waals surface area contributed by atoms with Crippen LogP contribution in [0.4, 0.5) is 11.4 Å². The number of fused-ring (bicyclic) bond motifs is 1. The Kier molecular flexibility index (Phi) is 6.75. The molecule has 3 N–H and O–H groups in total. The largest absolute Gasteiger partial charge is 0.490 e. The van der Waals surface area contributed by atoms with Gasteiger partial charge in [0.1, 0.15) is 24.4 Å². The van der Waals surface area contributed by atoms with Gasteiger partial charge < -0.3 is 25.1 Å². The van der Waals surface area contributed by atoms with Gasteiger partial charge in [-0.25, -0.2) is 0 Å². The maximum absolute atomic E-state index is 12.1. The molecular formula is C15H19Cl2N3O3. The second kappa shape index (κ2) is 8.10. The molecule has 1 aliphatic rings. The number of likely N-dealkylation sites (N-methyl/N-ethyl adjacent to an activating group) is 1. The Morgan fingerprint density at radius 1 is 1.35 bits per heavy atom. The van der Waals surface area contributed by atoms with Gasteiger partial charge in [0.25, 0.3) is 5.91 Å². The summed E-state index contributed by atoms with van der Waals surface area (Å²) in [5.41, 5.74) is 7.60. The van der Waals surface area contributed by atoms with Crippen molar-refractivity contribution in [2.45, 2.75) is 6.54 Å². The normalized spacial score (nSPS) is 12.3. The Morgan fingerprint density at radius 2 is 2.13 bits per heavy atom. The molecule has 0 aliphatic carbocycles. The summed E-state index contributed by atoms with van der Waals surface area (Å²) >= 11 is 0. The number of halogens is 2. The summed E-state index contributed by atoms with van der Waals surface area (Å²) in [6.07, 6.45) is 1.41. The van der Waals surface area contributed by atoms with Crippen molar-refractivity contribution in [2.24, 2.45) is 5.73 Å². The number of furan rings is 1. The van der Waals surface area contributed by atoms with E-state index in [1.165, 1.54) is 6.26 Å². The topological polar surface area (TPSA) is 80.7 Å². The van der Waals surface area contributed by atoms with Gasteiger partial charge in [-0.2, -0.15) is 0 Å².